The molecule has 0 spiro atoms. The third-order valence-electron chi connectivity index (χ3n) is 4.36. The molecule has 0 fully saturated rings. The summed E-state index contributed by atoms with van der Waals surface area (Å²) in [7, 11) is 0. The van der Waals surface area contributed by atoms with Crippen LogP contribution >= 0.6 is 15.9 Å². The maximum absolute atomic E-state index is 12.4. The zero-order chi connectivity index (χ0) is 20.6. The van der Waals surface area contributed by atoms with Crippen molar-refractivity contribution in [2.24, 2.45) is 0 Å². The molecule has 29 heavy (non-hydrogen) atoms. The number of rotatable bonds is 7. The van der Waals surface area contributed by atoms with Crippen LogP contribution < -0.4 is 16.0 Å². The molecule has 0 bridgehead atoms. The molecule has 2 amide bonds. The number of halogens is 1. The molecular formula is C23H22BrN3O2. The third kappa shape index (κ3) is 6.19. The van der Waals surface area contributed by atoms with Gasteiger partial charge < -0.3 is 16.0 Å². The van der Waals surface area contributed by atoms with Crippen molar-refractivity contribution in [3.63, 3.8) is 0 Å². The molecule has 3 aromatic carbocycles. The van der Waals surface area contributed by atoms with E-state index in [2.05, 4.69) is 31.9 Å². The van der Waals surface area contributed by atoms with Crippen molar-refractivity contribution in [1.29, 1.82) is 0 Å². The molecule has 0 saturated carbocycles. The maximum atomic E-state index is 12.4. The lowest BCUT2D eigenvalue weighted by Crippen LogP contribution is -2.26. The standard InChI is InChI=1S/C23H22BrN3O2/c1-16(17-6-3-2-4-7-17)26-23(29)18-10-12-20(13-11-18)27-22(28)15-25-21-9-5-8-19(24)14-21/h2-14,16,25H,15H2,1H3,(H,26,29)(H,27,28). The van der Waals surface area contributed by atoms with Crippen LogP contribution in [0.1, 0.15) is 28.9 Å². The van der Waals surface area contributed by atoms with Gasteiger partial charge in [-0.05, 0) is 55.0 Å². The molecule has 6 heteroatoms. The molecule has 5 nitrogen and oxygen atoms in total. The predicted molar refractivity (Wildman–Crippen MR) is 120 cm³/mol. The minimum atomic E-state index is -0.167. The molecule has 0 aliphatic heterocycles. The minimum Gasteiger partial charge on any atom is -0.376 e. The molecule has 0 heterocycles. The van der Waals surface area contributed by atoms with E-state index in [0.717, 1.165) is 15.7 Å². The van der Waals surface area contributed by atoms with Crippen LogP contribution in [0.25, 0.3) is 0 Å². The first-order chi connectivity index (χ1) is 14.0. The molecule has 0 aliphatic rings. The highest BCUT2D eigenvalue weighted by Gasteiger charge is 2.11. The van der Waals surface area contributed by atoms with Gasteiger partial charge in [0.25, 0.3) is 5.91 Å². The predicted octanol–water partition coefficient (Wildman–Crippen LogP) is 4.99. The maximum Gasteiger partial charge on any atom is 0.251 e. The molecule has 3 aromatic rings. The van der Waals surface area contributed by atoms with Gasteiger partial charge in [0.15, 0.2) is 0 Å². The summed E-state index contributed by atoms with van der Waals surface area (Å²) in [5.74, 6) is -0.324. The Kier molecular flexibility index (Phi) is 7.03. The molecule has 0 aliphatic carbocycles. The van der Waals surface area contributed by atoms with E-state index in [-0.39, 0.29) is 24.4 Å². The van der Waals surface area contributed by atoms with Crippen molar-refractivity contribution < 1.29 is 9.59 Å². The number of nitrogens with one attached hydrogen (secondary N) is 3. The normalized spacial score (nSPS) is 11.4. The van der Waals surface area contributed by atoms with Crippen LogP contribution in [0, 0.1) is 0 Å². The van der Waals surface area contributed by atoms with Gasteiger partial charge in [-0.1, -0.05) is 52.3 Å². The van der Waals surface area contributed by atoms with Crippen molar-refractivity contribution in [2.45, 2.75) is 13.0 Å². The van der Waals surface area contributed by atoms with E-state index in [9.17, 15) is 9.59 Å². The van der Waals surface area contributed by atoms with Gasteiger partial charge >= 0.3 is 0 Å². The Labute approximate surface area is 178 Å². The van der Waals surface area contributed by atoms with Crippen LogP contribution in [-0.2, 0) is 4.79 Å². The molecule has 1 atom stereocenters. The summed E-state index contributed by atoms with van der Waals surface area (Å²) >= 11 is 3.40. The topological polar surface area (TPSA) is 70.2 Å². The Morgan fingerprint density at radius 3 is 2.31 bits per heavy atom. The Hall–Kier alpha value is -3.12. The van der Waals surface area contributed by atoms with E-state index >= 15 is 0 Å². The molecule has 3 N–H and O–H groups in total. The fraction of sp³-hybridized carbons (Fsp3) is 0.130. The van der Waals surface area contributed by atoms with E-state index < -0.39 is 0 Å². The SMILES string of the molecule is CC(NC(=O)c1ccc(NC(=O)CNc2cccc(Br)c2)cc1)c1ccccc1. The summed E-state index contributed by atoms with van der Waals surface area (Å²) in [6.07, 6.45) is 0. The number of hydrogen-bond donors (Lipinski definition) is 3. The molecule has 148 valence electrons. The second kappa shape index (κ2) is 9.89. The van der Waals surface area contributed by atoms with Crippen molar-refractivity contribution in [3.05, 3.63) is 94.5 Å². The summed E-state index contributed by atoms with van der Waals surface area (Å²) in [4.78, 5) is 24.6. The summed E-state index contributed by atoms with van der Waals surface area (Å²) in [6.45, 7) is 2.09. The van der Waals surface area contributed by atoms with Gasteiger partial charge in [0.05, 0.1) is 12.6 Å². The fourth-order valence-corrected chi connectivity index (χ4v) is 3.20. The van der Waals surface area contributed by atoms with Crippen LogP contribution in [-0.4, -0.2) is 18.4 Å². The summed E-state index contributed by atoms with van der Waals surface area (Å²) < 4.78 is 0.943. The summed E-state index contributed by atoms with van der Waals surface area (Å²) in [6, 6.07) is 24.1. The highest BCUT2D eigenvalue weighted by molar-refractivity contribution is 9.10. The number of carbonyl (C=O) groups excluding carboxylic acids is 2. The number of anilines is 2. The Morgan fingerprint density at radius 2 is 1.62 bits per heavy atom. The lowest BCUT2D eigenvalue weighted by molar-refractivity contribution is -0.114. The fourth-order valence-electron chi connectivity index (χ4n) is 2.80. The van der Waals surface area contributed by atoms with Crippen molar-refractivity contribution in [2.75, 3.05) is 17.2 Å². The quantitative estimate of drug-likeness (QED) is 0.473. The molecule has 0 saturated heterocycles. The van der Waals surface area contributed by atoms with Gasteiger partial charge in [-0.2, -0.15) is 0 Å². The molecule has 0 radical (unpaired) electrons. The van der Waals surface area contributed by atoms with E-state index in [0.29, 0.717) is 11.3 Å². The third-order valence-corrected chi connectivity index (χ3v) is 4.85. The number of benzene rings is 3. The average molecular weight is 452 g/mol. The van der Waals surface area contributed by atoms with Crippen LogP contribution in [0.2, 0.25) is 0 Å². The largest absolute Gasteiger partial charge is 0.376 e. The zero-order valence-corrected chi connectivity index (χ0v) is 17.6. The summed E-state index contributed by atoms with van der Waals surface area (Å²) in [5.41, 5.74) is 3.08. The van der Waals surface area contributed by atoms with Gasteiger partial charge in [-0.15, -0.1) is 0 Å². The zero-order valence-electron chi connectivity index (χ0n) is 16.0. The van der Waals surface area contributed by atoms with E-state index in [1.165, 1.54) is 0 Å². The van der Waals surface area contributed by atoms with Crippen LogP contribution in [0.4, 0.5) is 11.4 Å². The number of amides is 2. The summed E-state index contributed by atoms with van der Waals surface area (Å²) in [5, 5.41) is 8.86. The van der Waals surface area contributed by atoms with Crippen LogP contribution in [0.3, 0.4) is 0 Å². The smallest absolute Gasteiger partial charge is 0.251 e. The number of carbonyl (C=O) groups is 2. The van der Waals surface area contributed by atoms with E-state index in [1.807, 2.05) is 61.5 Å². The van der Waals surface area contributed by atoms with Crippen LogP contribution in [0.5, 0.6) is 0 Å². The monoisotopic (exact) mass is 451 g/mol. The second-order valence-corrected chi connectivity index (χ2v) is 7.51. The molecule has 0 aromatic heterocycles. The van der Waals surface area contributed by atoms with Gasteiger partial charge in [-0.25, -0.2) is 0 Å². The highest BCUT2D eigenvalue weighted by Crippen LogP contribution is 2.16. The van der Waals surface area contributed by atoms with E-state index in [1.54, 1.807) is 24.3 Å². The Balaban J connectivity index is 1.51. The molecule has 1 unspecified atom stereocenters. The van der Waals surface area contributed by atoms with Crippen molar-refractivity contribution in [1.82, 2.24) is 5.32 Å². The first-order valence-corrected chi connectivity index (χ1v) is 10.1. The first-order valence-electron chi connectivity index (χ1n) is 9.26. The van der Waals surface area contributed by atoms with Gasteiger partial charge in [0.2, 0.25) is 5.91 Å². The lowest BCUT2D eigenvalue weighted by atomic mass is 10.1. The molecule has 3 rings (SSSR count). The molecular weight excluding hydrogens is 430 g/mol. The van der Waals surface area contributed by atoms with Crippen LogP contribution in [0.15, 0.2) is 83.3 Å². The minimum absolute atomic E-state index is 0.0906. The average Bonchev–Trinajstić information content (AvgIpc) is 2.73. The van der Waals surface area contributed by atoms with Crippen molar-refractivity contribution in [3.8, 4) is 0 Å². The van der Waals surface area contributed by atoms with E-state index in [4.69, 9.17) is 0 Å². The Bertz CT molecular complexity index is 975. The Morgan fingerprint density at radius 1 is 0.897 bits per heavy atom. The van der Waals surface area contributed by atoms with Gasteiger partial charge in [0, 0.05) is 21.4 Å². The lowest BCUT2D eigenvalue weighted by Gasteiger charge is -2.14. The van der Waals surface area contributed by atoms with Gasteiger partial charge in [0.1, 0.15) is 0 Å². The highest BCUT2D eigenvalue weighted by atomic mass is 79.9. The van der Waals surface area contributed by atoms with Crippen molar-refractivity contribution >= 4 is 39.1 Å². The second-order valence-electron chi connectivity index (χ2n) is 6.60. The van der Waals surface area contributed by atoms with Gasteiger partial charge in [-0.3, -0.25) is 9.59 Å². The first kappa shape index (κ1) is 20.6. The number of hydrogen-bond acceptors (Lipinski definition) is 3.